The summed E-state index contributed by atoms with van der Waals surface area (Å²) in [6, 6.07) is 7.38. The van der Waals surface area contributed by atoms with Gasteiger partial charge in [-0.05, 0) is 57.5 Å². The lowest BCUT2D eigenvalue weighted by atomic mass is 9.94. The lowest BCUT2D eigenvalue weighted by Crippen LogP contribution is -2.33. The first-order valence-electron chi connectivity index (χ1n) is 10.6. The third-order valence-electron chi connectivity index (χ3n) is 5.84. The number of fused-ring (bicyclic) bond motifs is 3. The molecule has 1 amide bonds. The van der Waals surface area contributed by atoms with Crippen molar-refractivity contribution in [3.8, 4) is 0 Å². The zero-order valence-electron chi connectivity index (χ0n) is 17.8. The number of hydrogen-bond donors (Lipinski definition) is 1. The number of nitrogens with one attached hydrogen (secondary N) is 1. The van der Waals surface area contributed by atoms with Crippen molar-refractivity contribution >= 4 is 34.3 Å². The fourth-order valence-electron chi connectivity index (χ4n) is 4.07. The van der Waals surface area contributed by atoms with Crippen LogP contribution < -0.4 is 10.9 Å². The Kier molecular flexibility index (Phi) is 6.72. The molecule has 164 valence electrons. The van der Waals surface area contributed by atoms with Crippen LogP contribution in [0.4, 0.5) is 0 Å². The van der Waals surface area contributed by atoms with Gasteiger partial charge < -0.3 is 10.2 Å². The van der Waals surface area contributed by atoms with Crippen molar-refractivity contribution in [1.29, 1.82) is 0 Å². The molecule has 1 saturated heterocycles. The number of rotatable bonds is 8. The van der Waals surface area contributed by atoms with Crippen LogP contribution in [0.2, 0.25) is 0 Å². The number of benzene rings is 1. The van der Waals surface area contributed by atoms with Gasteiger partial charge in [-0.15, -0.1) is 16.8 Å². The van der Waals surface area contributed by atoms with Crippen LogP contribution >= 0.6 is 11.8 Å². The highest BCUT2D eigenvalue weighted by molar-refractivity contribution is 7.99. The molecule has 4 rings (SSSR count). The Morgan fingerprint density at radius 1 is 1.29 bits per heavy atom. The molecule has 2 aromatic heterocycles. The Labute approximate surface area is 185 Å². The largest absolute Gasteiger partial charge is 0.355 e. The fraction of sp³-hybridized carbons (Fsp3) is 0.455. The Balaban J connectivity index is 1.45. The van der Waals surface area contributed by atoms with Gasteiger partial charge in [-0.2, -0.15) is 0 Å². The third kappa shape index (κ3) is 4.67. The van der Waals surface area contributed by atoms with Crippen molar-refractivity contribution in [2.24, 2.45) is 5.92 Å². The van der Waals surface area contributed by atoms with E-state index in [2.05, 4.69) is 34.0 Å². The van der Waals surface area contributed by atoms with Gasteiger partial charge in [-0.3, -0.25) is 18.6 Å². The summed E-state index contributed by atoms with van der Waals surface area (Å²) in [6.07, 6.45) is 5.09. The molecule has 8 nitrogen and oxygen atoms in total. The maximum Gasteiger partial charge on any atom is 0.263 e. The van der Waals surface area contributed by atoms with E-state index < -0.39 is 0 Å². The molecule has 1 aliphatic heterocycles. The van der Waals surface area contributed by atoms with Gasteiger partial charge in [0.1, 0.15) is 0 Å². The predicted molar refractivity (Wildman–Crippen MR) is 124 cm³/mol. The van der Waals surface area contributed by atoms with Gasteiger partial charge in [-0.1, -0.05) is 30.0 Å². The van der Waals surface area contributed by atoms with Crippen LogP contribution in [0.3, 0.4) is 0 Å². The van der Waals surface area contributed by atoms with E-state index in [1.54, 1.807) is 16.7 Å². The average molecular weight is 441 g/mol. The number of para-hydroxylation sites is 1. The molecule has 0 unspecified atom stereocenters. The summed E-state index contributed by atoms with van der Waals surface area (Å²) in [5, 5.41) is 12.7. The zero-order valence-corrected chi connectivity index (χ0v) is 18.6. The number of hydrogen-bond acceptors (Lipinski definition) is 6. The number of amides is 1. The number of carbonyl (C=O) groups excluding carboxylic acids is 1. The van der Waals surface area contributed by atoms with Gasteiger partial charge in [0.05, 0.1) is 16.7 Å². The number of aromatic nitrogens is 4. The van der Waals surface area contributed by atoms with Crippen LogP contribution in [0.25, 0.3) is 16.7 Å². The van der Waals surface area contributed by atoms with Crippen LogP contribution in [0.15, 0.2) is 46.9 Å². The van der Waals surface area contributed by atoms with Crippen molar-refractivity contribution in [3.05, 3.63) is 47.3 Å². The highest BCUT2D eigenvalue weighted by atomic mass is 32.2. The molecule has 1 aliphatic rings. The molecular formula is C22H28N6O2S. The molecule has 3 heterocycles. The smallest absolute Gasteiger partial charge is 0.263 e. The Morgan fingerprint density at radius 2 is 2.06 bits per heavy atom. The maximum absolute atomic E-state index is 12.8. The molecule has 0 radical (unpaired) electrons. The first-order chi connectivity index (χ1) is 15.1. The van der Waals surface area contributed by atoms with E-state index in [1.165, 1.54) is 24.6 Å². The van der Waals surface area contributed by atoms with E-state index >= 15 is 0 Å². The van der Waals surface area contributed by atoms with E-state index in [9.17, 15) is 9.59 Å². The monoisotopic (exact) mass is 440 g/mol. The minimum atomic E-state index is -0.126. The molecule has 0 aliphatic carbocycles. The van der Waals surface area contributed by atoms with Crippen molar-refractivity contribution in [2.75, 3.05) is 32.4 Å². The van der Waals surface area contributed by atoms with Crippen LogP contribution in [0, 0.1) is 5.92 Å². The van der Waals surface area contributed by atoms with E-state index in [0.29, 0.717) is 35.3 Å². The van der Waals surface area contributed by atoms with Crippen molar-refractivity contribution in [2.45, 2.75) is 31.0 Å². The van der Waals surface area contributed by atoms with Gasteiger partial charge in [0, 0.05) is 13.1 Å². The summed E-state index contributed by atoms with van der Waals surface area (Å²) < 4.78 is 3.39. The Morgan fingerprint density at radius 3 is 2.84 bits per heavy atom. The first kappa shape index (κ1) is 21.6. The predicted octanol–water partition coefficient (Wildman–Crippen LogP) is 2.17. The second-order valence-corrected chi connectivity index (χ2v) is 8.96. The normalized spacial score (nSPS) is 15.5. The topological polar surface area (TPSA) is 84.5 Å². The number of allylic oxidation sites excluding steroid dienone is 1. The average Bonchev–Trinajstić information content (AvgIpc) is 3.20. The summed E-state index contributed by atoms with van der Waals surface area (Å²) in [7, 11) is 2.16. The molecule has 9 heteroatoms. The maximum atomic E-state index is 12.8. The summed E-state index contributed by atoms with van der Waals surface area (Å²) in [4.78, 5) is 27.6. The number of piperidine rings is 1. The number of likely N-dealkylation sites (tertiary alicyclic amines) is 1. The van der Waals surface area contributed by atoms with Crippen LogP contribution in [-0.4, -0.2) is 62.4 Å². The van der Waals surface area contributed by atoms with E-state index in [0.717, 1.165) is 25.0 Å². The van der Waals surface area contributed by atoms with Gasteiger partial charge in [0.2, 0.25) is 11.7 Å². The number of thioether (sulfide) groups is 1. The Hall–Kier alpha value is -2.65. The molecule has 1 fully saturated rings. The molecule has 0 bridgehead atoms. The number of nitrogens with zero attached hydrogens (tertiary/aromatic N) is 5. The van der Waals surface area contributed by atoms with Crippen LogP contribution in [0.5, 0.6) is 0 Å². The van der Waals surface area contributed by atoms with E-state index in [-0.39, 0.29) is 17.2 Å². The minimum absolute atomic E-state index is 0.0154. The van der Waals surface area contributed by atoms with Crippen LogP contribution in [0.1, 0.15) is 19.3 Å². The quantitative estimate of drug-likeness (QED) is 0.427. The standard InChI is InChI=1S/C22H28N6O2S/c1-3-12-27-20(30)17-6-4-5-7-18(17)28-21(27)24-25-22(28)31-15-19(29)23-11-8-16-9-13-26(2)14-10-16/h3-7,16H,1,8-15H2,2H3,(H,23,29). The third-order valence-corrected chi connectivity index (χ3v) is 6.76. The summed E-state index contributed by atoms with van der Waals surface area (Å²) in [6.45, 7) is 7.06. The zero-order chi connectivity index (χ0) is 21.8. The molecule has 0 spiro atoms. The number of carbonyl (C=O) groups is 1. The van der Waals surface area contributed by atoms with Gasteiger partial charge in [0.25, 0.3) is 5.56 Å². The Bertz CT molecular complexity index is 1150. The summed E-state index contributed by atoms with van der Waals surface area (Å²) in [5.74, 6) is 1.38. The molecule has 31 heavy (non-hydrogen) atoms. The molecule has 1 N–H and O–H groups in total. The van der Waals surface area contributed by atoms with Crippen molar-refractivity contribution < 1.29 is 4.79 Å². The van der Waals surface area contributed by atoms with Crippen molar-refractivity contribution in [1.82, 2.24) is 29.4 Å². The van der Waals surface area contributed by atoms with Gasteiger partial charge in [0.15, 0.2) is 5.16 Å². The van der Waals surface area contributed by atoms with E-state index in [4.69, 9.17) is 0 Å². The molecule has 0 atom stereocenters. The highest BCUT2D eigenvalue weighted by Crippen LogP contribution is 2.22. The summed E-state index contributed by atoms with van der Waals surface area (Å²) in [5.41, 5.74) is 0.608. The highest BCUT2D eigenvalue weighted by Gasteiger charge is 2.18. The first-order valence-corrected chi connectivity index (χ1v) is 11.6. The molecule has 3 aromatic rings. The molecular weight excluding hydrogens is 412 g/mol. The second kappa shape index (κ2) is 9.65. The summed E-state index contributed by atoms with van der Waals surface area (Å²) >= 11 is 1.33. The molecule has 1 aromatic carbocycles. The lowest BCUT2D eigenvalue weighted by molar-refractivity contribution is -0.118. The molecule has 0 saturated carbocycles. The fourth-order valence-corrected chi connectivity index (χ4v) is 4.84. The van der Waals surface area contributed by atoms with Gasteiger partial charge >= 0.3 is 0 Å². The lowest BCUT2D eigenvalue weighted by Gasteiger charge is -2.28. The SMILES string of the molecule is C=CCn1c(=O)c2ccccc2n2c(SCC(=O)NCCC3CCN(C)CC3)nnc12. The van der Waals surface area contributed by atoms with Gasteiger partial charge in [-0.25, -0.2) is 0 Å². The van der Waals surface area contributed by atoms with Crippen LogP contribution in [-0.2, 0) is 11.3 Å². The second-order valence-electron chi connectivity index (χ2n) is 8.01. The van der Waals surface area contributed by atoms with Crippen molar-refractivity contribution in [3.63, 3.8) is 0 Å². The van der Waals surface area contributed by atoms with E-state index in [1.807, 2.05) is 22.6 Å². The minimum Gasteiger partial charge on any atom is -0.355 e.